The third-order valence-electron chi connectivity index (χ3n) is 1.33. The summed E-state index contributed by atoms with van der Waals surface area (Å²) < 4.78 is 0.776. The van der Waals surface area contributed by atoms with E-state index in [1.54, 1.807) is 0 Å². The lowest BCUT2D eigenvalue weighted by molar-refractivity contribution is 0.112. The zero-order valence-electron chi connectivity index (χ0n) is 6.35. The number of halogens is 1. The normalized spacial score (nSPS) is 9.31. The van der Waals surface area contributed by atoms with E-state index in [9.17, 15) is 9.59 Å². The quantitative estimate of drug-likeness (QED) is 0.635. The van der Waals surface area contributed by atoms with Crippen LogP contribution in [0.3, 0.4) is 0 Å². The molecule has 1 aromatic rings. The van der Waals surface area contributed by atoms with Crippen molar-refractivity contribution in [3.8, 4) is 0 Å². The van der Waals surface area contributed by atoms with E-state index in [-0.39, 0.29) is 11.3 Å². The van der Waals surface area contributed by atoms with Crippen LogP contribution in [0.2, 0.25) is 0 Å². The molecule has 0 aliphatic carbocycles. The van der Waals surface area contributed by atoms with Crippen LogP contribution in [0.15, 0.2) is 18.5 Å². The number of pyridine rings is 1. The lowest BCUT2D eigenvalue weighted by Crippen LogP contribution is -2.18. The van der Waals surface area contributed by atoms with Gasteiger partial charge in [-0.1, -0.05) is 0 Å². The Labute approximate surface area is 82.3 Å². The summed E-state index contributed by atoms with van der Waals surface area (Å²) in [7, 11) is 0. The summed E-state index contributed by atoms with van der Waals surface area (Å²) in [5, 5.41) is 8.60. The van der Waals surface area contributed by atoms with Gasteiger partial charge in [0.25, 0.3) is 0 Å². The number of nitrogens with zero attached hydrogens (tertiary/aromatic N) is 2. The van der Waals surface area contributed by atoms with Gasteiger partial charge in [-0.15, -0.1) is 0 Å². The van der Waals surface area contributed by atoms with Crippen LogP contribution < -0.4 is 3.93 Å². The number of carboxylic acid groups (broad SMARTS) is 1. The van der Waals surface area contributed by atoms with Gasteiger partial charge in [-0.05, 0) is 6.07 Å². The number of hydrogen-bond donors (Lipinski definition) is 1. The van der Waals surface area contributed by atoms with Crippen LogP contribution in [0, 0.1) is 0 Å². The molecule has 1 heterocycles. The van der Waals surface area contributed by atoms with Crippen molar-refractivity contribution in [3.05, 3.63) is 24.0 Å². The molecule has 0 atom stereocenters. The molecule has 5 nitrogen and oxygen atoms in total. The SMILES string of the molecule is O=Cc1cnccc1N(Br)C(=O)O. The smallest absolute Gasteiger partial charge is 0.422 e. The van der Waals surface area contributed by atoms with Crippen LogP contribution in [0.5, 0.6) is 0 Å². The number of aromatic nitrogens is 1. The minimum Gasteiger partial charge on any atom is -0.464 e. The second kappa shape index (κ2) is 3.99. The number of aldehydes is 1. The zero-order chi connectivity index (χ0) is 9.84. The molecule has 1 rings (SSSR count). The van der Waals surface area contributed by atoms with Gasteiger partial charge in [-0.3, -0.25) is 9.78 Å². The molecule has 1 aromatic heterocycles. The van der Waals surface area contributed by atoms with Crippen molar-refractivity contribution in [1.82, 2.24) is 4.98 Å². The molecule has 0 saturated heterocycles. The summed E-state index contributed by atoms with van der Waals surface area (Å²) in [6.45, 7) is 0. The highest BCUT2D eigenvalue weighted by Crippen LogP contribution is 2.20. The molecule has 0 bridgehead atoms. The monoisotopic (exact) mass is 244 g/mol. The van der Waals surface area contributed by atoms with Gasteiger partial charge < -0.3 is 5.11 Å². The molecule has 1 amide bonds. The minimum absolute atomic E-state index is 0.210. The lowest BCUT2D eigenvalue weighted by Gasteiger charge is -2.10. The molecule has 0 aromatic carbocycles. The third-order valence-corrected chi connectivity index (χ3v) is 2.02. The van der Waals surface area contributed by atoms with Gasteiger partial charge in [0.15, 0.2) is 6.29 Å². The van der Waals surface area contributed by atoms with Gasteiger partial charge in [-0.2, -0.15) is 0 Å². The molecule has 68 valence electrons. The Kier molecular flexibility index (Phi) is 2.97. The predicted molar refractivity (Wildman–Crippen MR) is 49.1 cm³/mol. The summed E-state index contributed by atoms with van der Waals surface area (Å²) in [4.78, 5) is 24.7. The van der Waals surface area contributed by atoms with E-state index < -0.39 is 6.09 Å². The van der Waals surface area contributed by atoms with E-state index in [1.807, 2.05) is 0 Å². The first-order valence-corrected chi connectivity index (χ1v) is 3.95. The number of carbonyl (C=O) groups is 2. The molecule has 0 unspecified atom stereocenters. The average molecular weight is 245 g/mol. The van der Waals surface area contributed by atoms with Crippen molar-refractivity contribution in [2.24, 2.45) is 0 Å². The van der Waals surface area contributed by atoms with Gasteiger partial charge in [0.2, 0.25) is 0 Å². The topological polar surface area (TPSA) is 70.5 Å². The maximum atomic E-state index is 10.5. The molecule has 0 saturated carbocycles. The lowest BCUT2D eigenvalue weighted by atomic mass is 10.2. The molecule has 0 radical (unpaired) electrons. The molecule has 13 heavy (non-hydrogen) atoms. The standard InChI is InChI=1S/C7H5BrN2O3/c8-10(7(12)13)6-1-2-9-3-5(6)4-11/h1-4H,(H,12,13). The van der Waals surface area contributed by atoms with E-state index in [0.717, 1.165) is 3.93 Å². The first-order chi connectivity index (χ1) is 6.16. The first-order valence-electron chi connectivity index (χ1n) is 3.25. The van der Waals surface area contributed by atoms with Gasteiger partial charge >= 0.3 is 6.09 Å². The Morgan fingerprint density at radius 2 is 2.38 bits per heavy atom. The van der Waals surface area contributed by atoms with E-state index >= 15 is 0 Å². The van der Waals surface area contributed by atoms with Gasteiger partial charge in [0.05, 0.1) is 27.4 Å². The van der Waals surface area contributed by atoms with Crippen LogP contribution in [0.25, 0.3) is 0 Å². The fourth-order valence-electron chi connectivity index (χ4n) is 0.772. The number of carbonyl (C=O) groups excluding carboxylic acids is 1. The van der Waals surface area contributed by atoms with Crippen LogP contribution in [-0.2, 0) is 0 Å². The Morgan fingerprint density at radius 3 is 2.92 bits per heavy atom. The molecule has 1 N–H and O–H groups in total. The van der Waals surface area contributed by atoms with Crippen molar-refractivity contribution < 1.29 is 14.7 Å². The van der Waals surface area contributed by atoms with E-state index in [2.05, 4.69) is 21.1 Å². The summed E-state index contributed by atoms with van der Waals surface area (Å²) >= 11 is 2.79. The molecule has 0 aliphatic heterocycles. The Hall–Kier alpha value is -1.43. The summed E-state index contributed by atoms with van der Waals surface area (Å²) in [6, 6.07) is 1.42. The summed E-state index contributed by atoms with van der Waals surface area (Å²) in [5.74, 6) is 0. The highest BCUT2D eigenvalue weighted by atomic mass is 79.9. The molecule has 0 aliphatic rings. The fourth-order valence-corrected chi connectivity index (χ4v) is 1.09. The van der Waals surface area contributed by atoms with Gasteiger partial charge in [0, 0.05) is 12.4 Å². The molecular weight excluding hydrogens is 240 g/mol. The zero-order valence-corrected chi connectivity index (χ0v) is 7.93. The van der Waals surface area contributed by atoms with Crippen molar-refractivity contribution in [2.45, 2.75) is 0 Å². The Balaban J connectivity index is 3.12. The first kappa shape index (κ1) is 9.66. The van der Waals surface area contributed by atoms with Gasteiger partial charge in [0.1, 0.15) is 0 Å². The molecular formula is C7H5BrN2O3. The minimum atomic E-state index is -1.20. The van der Waals surface area contributed by atoms with Crippen LogP contribution >= 0.6 is 16.1 Å². The van der Waals surface area contributed by atoms with E-state index in [0.29, 0.717) is 6.29 Å². The van der Waals surface area contributed by atoms with Crippen LogP contribution in [0.1, 0.15) is 10.4 Å². The summed E-state index contributed by atoms with van der Waals surface area (Å²) in [5.41, 5.74) is 0.458. The predicted octanol–water partition coefficient (Wildman–Crippen LogP) is 1.69. The van der Waals surface area contributed by atoms with Crippen LogP contribution in [-0.4, -0.2) is 22.5 Å². The molecule has 0 spiro atoms. The maximum absolute atomic E-state index is 10.5. The molecule has 0 fully saturated rings. The Bertz CT molecular complexity index is 342. The highest BCUT2D eigenvalue weighted by molar-refractivity contribution is 9.10. The number of rotatable bonds is 2. The van der Waals surface area contributed by atoms with Crippen molar-refractivity contribution in [2.75, 3.05) is 3.93 Å². The second-order valence-electron chi connectivity index (χ2n) is 2.12. The summed E-state index contributed by atoms with van der Waals surface area (Å²) in [6.07, 6.45) is 2.04. The van der Waals surface area contributed by atoms with Crippen molar-refractivity contribution in [1.29, 1.82) is 0 Å². The maximum Gasteiger partial charge on any atom is 0.422 e. The van der Waals surface area contributed by atoms with Crippen LogP contribution in [0.4, 0.5) is 10.5 Å². The van der Waals surface area contributed by atoms with E-state index in [1.165, 1.54) is 18.5 Å². The molecule has 6 heteroatoms. The number of anilines is 1. The van der Waals surface area contributed by atoms with Crippen molar-refractivity contribution in [3.63, 3.8) is 0 Å². The fraction of sp³-hybridized carbons (Fsp3) is 0. The average Bonchev–Trinajstić information content (AvgIpc) is 2.16. The Morgan fingerprint density at radius 1 is 1.69 bits per heavy atom. The third kappa shape index (κ3) is 2.03. The highest BCUT2D eigenvalue weighted by Gasteiger charge is 2.14. The second-order valence-corrected chi connectivity index (χ2v) is 2.83. The number of hydrogen-bond acceptors (Lipinski definition) is 3. The van der Waals surface area contributed by atoms with Crippen molar-refractivity contribution >= 4 is 34.2 Å². The largest absolute Gasteiger partial charge is 0.464 e. The van der Waals surface area contributed by atoms with E-state index in [4.69, 9.17) is 5.11 Å². The number of amides is 1. The van der Waals surface area contributed by atoms with Gasteiger partial charge in [-0.25, -0.2) is 8.72 Å².